The van der Waals surface area contributed by atoms with Crippen molar-refractivity contribution in [2.45, 2.75) is 20.4 Å². The first-order chi connectivity index (χ1) is 12.5. The number of nitrogens with zero attached hydrogens (tertiary/aromatic N) is 1. The molecular weight excluding hydrogens is 324 g/mol. The second-order valence-electron chi connectivity index (χ2n) is 7.11. The zero-order valence-electron chi connectivity index (χ0n) is 16.0. The highest BCUT2D eigenvalue weighted by Gasteiger charge is 2.15. The average Bonchev–Trinajstić information content (AvgIpc) is 2.87. The minimum atomic E-state index is -0.249. The van der Waals surface area contributed by atoms with Gasteiger partial charge in [-0.15, -0.1) is 0 Å². The Morgan fingerprint density at radius 3 is 2.50 bits per heavy atom. The van der Waals surface area contributed by atoms with Gasteiger partial charge >= 0.3 is 5.97 Å². The minimum absolute atomic E-state index is 0.249. The number of nitrogens with one attached hydrogen (secondary N) is 1. The number of carbonyl (C=O) groups is 1. The van der Waals surface area contributed by atoms with Crippen LogP contribution in [0.2, 0.25) is 0 Å². The second-order valence-corrected chi connectivity index (χ2v) is 7.11. The first-order valence-corrected chi connectivity index (χ1v) is 9.07. The zero-order valence-corrected chi connectivity index (χ0v) is 16.0. The maximum Gasteiger partial charge on any atom is 0.338 e. The molecule has 1 N–H and O–H groups in total. The molecule has 0 unspecified atom stereocenters. The number of carbonyl (C=O) groups excluding carboxylic acids is 1. The molecule has 2 aromatic carbocycles. The molecule has 3 aromatic rings. The molecule has 3 rings (SSSR count). The highest BCUT2D eigenvalue weighted by molar-refractivity contribution is 5.96. The van der Waals surface area contributed by atoms with Crippen molar-refractivity contribution < 1.29 is 14.4 Å². The molecule has 4 nitrogen and oxygen atoms in total. The van der Waals surface area contributed by atoms with Crippen LogP contribution in [0.4, 0.5) is 0 Å². The lowest BCUT2D eigenvalue weighted by Gasteiger charge is -2.10. The SMILES string of the molecule is Cc1c(C)n(Cc2ccccc2)c2ccc(C(=O)OCC[NH+](C)C)cc12. The minimum Gasteiger partial charge on any atom is -0.456 e. The number of rotatable bonds is 6. The summed E-state index contributed by atoms with van der Waals surface area (Å²) in [6.07, 6.45) is 0. The van der Waals surface area contributed by atoms with Crippen LogP contribution in [0.5, 0.6) is 0 Å². The van der Waals surface area contributed by atoms with Gasteiger partial charge in [-0.2, -0.15) is 0 Å². The Labute approximate surface area is 155 Å². The maximum atomic E-state index is 12.3. The fourth-order valence-corrected chi connectivity index (χ4v) is 3.18. The van der Waals surface area contributed by atoms with Gasteiger partial charge in [-0.05, 0) is 43.2 Å². The molecule has 26 heavy (non-hydrogen) atoms. The third-order valence-corrected chi connectivity index (χ3v) is 4.89. The molecule has 0 amide bonds. The normalized spacial score (nSPS) is 11.3. The van der Waals surface area contributed by atoms with E-state index in [1.54, 1.807) is 0 Å². The van der Waals surface area contributed by atoms with Gasteiger partial charge < -0.3 is 14.2 Å². The first-order valence-electron chi connectivity index (χ1n) is 9.07. The van der Waals surface area contributed by atoms with Crippen LogP contribution in [-0.4, -0.2) is 37.8 Å². The number of hydrogen-bond donors (Lipinski definition) is 1. The van der Waals surface area contributed by atoms with E-state index in [-0.39, 0.29) is 5.97 Å². The number of likely N-dealkylation sites (N-methyl/N-ethyl adjacent to an activating group) is 1. The quantitative estimate of drug-likeness (QED) is 0.693. The smallest absolute Gasteiger partial charge is 0.338 e. The van der Waals surface area contributed by atoms with Crippen LogP contribution in [0.25, 0.3) is 10.9 Å². The van der Waals surface area contributed by atoms with Crippen molar-refractivity contribution in [2.24, 2.45) is 0 Å². The third kappa shape index (κ3) is 3.81. The van der Waals surface area contributed by atoms with Crippen molar-refractivity contribution in [2.75, 3.05) is 27.2 Å². The molecule has 0 bridgehead atoms. The van der Waals surface area contributed by atoms with E-state index in [0.29, 0.717) is 12.2 Å². The Hall–Kier alpha value is -2.59. The molecular formula is C22H27N2O2+. The topological polar surface area (TPSA) is 35.7 Å². The molecule has 0 aliphatic heterocycles. The van der Waals surface area contributed by atoms with E-state index < -0.39 is 0 Å². The number of ether oxygens (including phenoxy) is 1. The predicted octanol–water partition coefficient (Wildman–Crippen LogP) is 2.61. The highest BCUT2D eigenvalue weighted by atomic mass is 16.5. The molecule has 0 atom stereocenters. The lowest BCUT2D eigenvalue weighted by Crippen LogP contribution is -3.06. The standard InChI is InChI=1S/C22H26N2O2/c1-16-17(2)24(15-18-8-6-5-7-9-18)21-11-10-19(14-20(16)21)22(25)26-13-12-23(3)4/h5-11,14H,12-13,15H2,1-4H3/p+1. The molecule has 0 radical (unpaired) electrons. The molecule has 0 spiro atoms. The van der Waals surface area contributed by atoms with Gasteiger partial charge in [0, 0.05) is 23.1 Å². The van der Waals surface area contributed by atoms with Crippen LogP contribution in [0, 0.1) is 13.8 Å². The van der Waals surface area contributed by atoms with E-state index in [2.05, 4.69) is 42.7 Å². The fourth-order valence-electron chi connectivity index (χ4n) is 3.18. The summed E-state index contributed by atoms with van der Waals surface area (Å²) in [4.78, 5) is 13.6. The first kappa shape index (κ1) is 18.2. The van der Waals surface area contributed by atoms with Crippen molar-refractivity contribution in [3.63, 3.8) is 0 Å². The molecule has 0 saturated heterocycles. The van der Waals surface area contributed by atoms with Crippen LogP contribution in [-0.2, 0) is 11.3 Å². The number of aromatic nitrogens is 1. The molecule has 0 fully saturated rings. The largest absolute Gasteiger partial charge is 0.456 e. The maximum absolute atomic E-state index is 12.3. The predicted molar refractivity (Wildman–Crippen MR) is 105 cm³/mol. The van der Waals surface area contributed by atoms with E-state index in [0.717, 1.165) is 24.0 Å². The van der Waals surface area contributed by atoms with Crippen LogP contribution in [0.1, 0.15) is 27.2 Å². The number of quaternary nitrogens is 1. The molecule has 136 valence electrons. The monoisotopic (exact) mass is 351 g/mol. The van der Waals surface area contributed by atoms with Gasteiger partial charge in [0.2, 0.25) is 0 Å². The van der Waals surface area contributed by atoms with Crippen LogP contribution in [0.15, 0.2) is 48.5 Å². The third-order valence-electron chi connectivity index (χ3n) is 4.89. The molecule has 1 heterocycles. The Balaban J connectivity index is 1.88. The molecule has 0 saturated carbocycles. The summed E-state index contributed by atoms with van der Waals surface area (Å²) >= 11 is 0. The van der Waals surface area contributed by atoms with Crippen LogP contribution in [0.3, 0.4) is 0 Å². The second kappa shape index (κ2) is 7.75. The van der Waals surface area contributed by atoms with Gasteiger partial charge in [0.25, 0.3) is 0 Å². The highest BCUT2D eigenvalue weighted by Crippen LogP contribution is 2.27. The van der Waals surface area contributed by atoms with Gasteiger partial charge in [-0.3, -0.25) is 0 Å². The van der Waals surface area contributed by atoms with Gasteiger partial charge in [0.1, 0.15) is 13.2 Å². The van der Waals surface area contributed by atoms with E-state index in [4.69, 9.17) is 4.74 Å². The molecule has 0 aliphatic carbocycles. The van der Waals surface area contributed by atoms with Crippen molar-refractivity contribution in [3.8, 4) is 0 Å². The van der Waals surface area contributed by atoms with Crippen molar-refractivity contribution in [1.29, 1.82) is 0 Å². The summed E-state index contributed by atoms with van der Waals surface area (Å²) in [5.41, 5.74) is 5.47. The van der Waals surface area contributed by atoms with Gasteiger partial charge in [-0.25, -0.2) is 4.79 Å². The lowest BCUT2D eigenvalue weighted by molar-refractivity contribution is -0.858. The van der Waals surface area contributed by atoms with Gasteiger partial charge in [-0.1, -0.05) is 30.3 Å². The lowest BCUT2D eigenvalue weighted by atomic mass is 10.1. The summed E-state index contributed by atoms with van der Waals surface area (Å²) in [5.74, 6) is -0.249. The van der Waals surface area contributed by atoms with Crippen LogP contribution >= 0.6 is 0 Å². The van der Waals surface area contributed by atoms with Gasteiger partial charge in [0.05, 0.1) is 19.7 Å². The Kier molecular flexibility index (Phi) is 5.43. The number of aryl methyl sites for hydroxylation is 1. The van der Waals surface area contributed by atoms with E-state index in [9.17, 15) is 4.79 Å². The number of benzene rings is 2. The van der Waals surface area contributed by atoms with Crippen molar-refractivity contribution >= 4 is 16.9 Å². The summed E-state index contributed by atoms with van der Waals surface area (Å²) in [5, 5.41) is 1.12. The van der Waals surface area contributed by atoms with E-state index in [1.807, 2.05) is 38.4 Å². The Morgan fingerprint density at radius 1 is 1.08 bits per heavy atom. The summed E-state index contributed by atoms with van der Waals surface area (Å²) in [6.45, 7) is 6.32. The molecule has 1 aromatic heterocycles. The summed E-state index contributed by atoms with van der Waals surface area (Å²) < 4.78 is 7.70. The Morgan fingerprint density at radius 2 is 1.81 bits per heavy atom. The van der Waals surface area contributed by atoms with Crippen LogP contribution < -0.4 is 4.90 Å². The van der Waals surface area contributed by atoms with E-state index in [1.165, 1.54) is 21.7 Å². The molecule has 4 heteroatoms. The number of hydrogen-bond acceptors (Lipinski definition) is 2. The summed E-state index contributed by atoms with van der Waals surface area (Å²) in [7, 11) is 4.09. The van der Waals surface area contributed by atoms with Crippen molar-refractivity contribution in [1.82, 2.24) is 4.57 Å². The molecule has 0 aliphatic rings. The van der Waals surface area contributed by atoms with Gasteiger partial charge in [0.15, 0.2) is 0 Å². The average molecular weight is 351 g/mol. The fraction of sp³-hybridized carbons (Fsp3) is 0.318. The summed E-state index contributed by atoms with van der Waals surface area (Å²) in [6, 6.07) is 16.3. The van der Waals surface area contributed by atoms with E-state index >= 15 is 0 Å². The van der Waals surface area contributed by atoms with Crippen molar-refractivity contribution in [3.05, 3.63) is 70.9 Å². The Bertz CT molecular complexity index is 911. The number of esters is 1. The zero-order chi connectivity index (χ0) is 18.7. The number of fused-ring (bicyclic) bond motifs is 1.